The molecule has 6 unspecified atom stereocenters. The van der Waals surface area contributed by atoms with Crippen LogP contribution in [0.15, 0.2) is 0 Å². The van der Waals surface area contributed by atoms with Gasteiger partial charge in [0.05, 0.1) is 43.1 Å². The Morgan fingerprint density at radius 2 is 2.25 bits per heavy atom. The number of hydrogen-bond acceptors (Lipinski definition) is 9. The van der Waals surface area contributed by atoms with Crippen LogP contribution in [0.2, 0.25) is 0 Å². The molecule has 0 aromatic rings. The summed E-state index contributed by atoms with van der Waals surface area (Å²) in [7, 11) is 4.03. The van der Waals surface area contributed by atoms with Gasteiger partial charge in [-0.05, 0) is 33.0 Å². The predicted octanol–water partition coefficient (Wildman–Crippen LogP) is -2.41. The van der Waals surface area contributed by atoms with Crippen LogP contribution < -0.4 is 27.1 Å². The second-order valence-electron chi connectivity index (χ2n) is 8.23. The van der Waals surface area contributed by atoms with Crippen molar-refractivity contribution in [2.75, 3.05) is 53.4 Å². The van der Waals surface area contributed by atoms with Gasteiger partial charge in [0.25, 0.3) is 0 Å². The molecule has 0 radical (unpaired) electrons. The lowest BCUT2D eigenvalue weighted by Crippen LogP contribution is -2.60. The average molecular weight is 395 g/mol. The molecular formula is C18H34N8O2. The number of nitrogens with two attached hydrogens (primary N) is 1. The molecule has 10 heteroatoms. The highest BCUT2D eigenvalue weighted by Gasteiger charge is 2.47. The fourth-order valence-corrected chi connectivity index (χ4v) is 4.19. The second kappa shape index (κ2) is 9.93. The van der Waals surface area contributed by atoms with Crippen LogP contribution in [-0.2, 0) is 9.53 Å². The smallest absolute Gasteiger partial charge is 0.229 e. The number of likely N-dealkylation sites (N-methyl/N-ethyl adjacent to an activating group) is 1. The molecule has 28 heavy (non-hydrogen) atoms. The Bertz CT molecular complexity index is 568. The second-order valence-corrected chi connectivity index (χ2v) is 8.23. The lowest BCUT2D eigenvalue weighted by Gasteiger charge is -2.37. The number of fused-ring (bicyclic) bond motifs is 1. The summed E-state index contributed by atoms with van der Waals surface area (Å²) < 4.78 is 6.04. The van der Waals surface area contributed by atoms with Crippen LogP contribution in [0.5, 0.6) is 0 Å². The van der Waals surface area contributed by atoms with Crippen molar-refractivity contribution in [2.45, 2.75) is 37.3 Å². The van der Waals surface area contributed by atoms with Crippen molar-refractivity contribution in [3.8, 4) is 6.07 Å². The Kier molecular flexibility index (Phi) is 7.59. The zero-order valence-electron chi connectivity index (χ0n) is 16.9. The average Bonchev–Trinajstić information content (AvgIpc) is 2.98. The molecule has 3 aliphatic heterocycles. The van der Waals surface area contributed by atoms with Gasteiger partial charge in [-0.3, -0.25) is 10.1 Å². The number of rotatable bonds is 7. The van der Waals surface area contributed by atoms with Crippen molar-refractivity contribution in [3.05, 3.63) is 0 Å². The first-order chi connectivity index (χ1) is 13.5. The summed E-state index contributed by atoms with van der Waals surface area (Å²) >= 11 is 0. The minimum absolute atomic E-state index is 0.00571. The topological polar surface area (TPSA) is 131 Å². The summed E-state index contributed by atoms with van der Waals surface area (Å²) in [6, 6.07) is 2.15. The molecule has 3 saturated heterocycles. The van der Waals surface area contributed by atoms with Gasteiger partial charge in [-0.15, -0.1) is 0 Å². The molecule has 0 bridgehead atoms. The van der Waals surface area contributed by atoms with Crippen LogP contribution in [-0.4, -0.2) is 93.7 Å². The molecule has 3 fully saturated rings. The monoisotopic (exact) mass is 394 g/mol. The van der Waals surface area contributed by atoms with E-state index >= 15 is 0 Å². The van der Waals surface area contributed by atoms with Gasteiger partial charge in [0.1, 0.15) is 0 Å². The Balaban J connectivity index is 1.56. The normalized spacial score (nSPS) is 36.1. The largest absolute Gasteiger partial charge is 0.375 e. The van der Waals surface area contributed by atoms with Gasteiger partial charge in [0, 0.05) is 32.6 Å². The van der Waals surface area contributed by atoms with Crippen molar-refractivity contribution in [1.82, 2.24) is 31.3 Å². The Morgan fingerprint density at radius 3 is 3.00 bits per heavy atom. The van der Waals surface area contributed by atoms with Gasteiger partial charge in [-0.1, -0.05) is 0 Å². The van der Waals surface area contributed by atoms with Crippen molar-refractivity contribution in [1.29, 1.82) is 5.26 Å². The third kappa shape index (κ3) is 5.18. The summed E-state index contributed by atoms with van der Waals surface area (Å²) in [4.78, 5) is 15.2. The van der Waals surface area contributed by atoms with E-state index in [0.29, 0.717) is 32.7 Å². The summed E-state index contributed by atoms with van der Waals surface area (Å²) in [6.07, 6.45) is 0.754. The third-order valence-corrected chi connectivity index (χ3v) is 5.75. The highest BCUT2D eigenvalue weighted by atomic mass is 16.5. The van der Waals surface area contributed by atoms with Crippen LogP contribution in [0.25, 0.3) is 0 Å². The number of carbonyl (C=O) groups is 1. The molecule has 158 valence electrons. The maximum atomic E-state index is 13.1. The van der Waals surface area contributed by atoms with E-state index in [9.17, 15) is 4.79 Å². The van der Waals surface area contributed by atoms with Crippen LogP contribution in [0, 0.1) is 23.2 Å². The molecule has 3 heterocycles. The van der Waals surface area contributed by atoms with E-state index in [1.54, 1.807) is 0 Å². The number of carbonyl (C=O) groups excluding carboxylic acids is 1. The fourth-order valence-electron chi connectivity index (χ4n) is 4.19. The molecule has 6 N–H and O–H groups in total. The number of nitrogens with one attached hydrogen (secondary N) is 4. The molecule has 3 aliphatic rings. The molecule has 0 aromatic heterocycles. The number of piperidine rings is 1. The van der Waals surface area contributed by atoms with Crippen LogP contribution in [0.3, 0.4) is 0 Å². The standard InChI is InChI=1S/C18H34N8O2/c1-25(2)7-8-28-14-4-6-21-10-13(14)23-18(27)15-16(20)24-26-11-12(3-5-19)9-22-17(15)26/h12-17,21-22,24H,3-4,6-11,20H2,1-2H3,(H,23,27). The van der Waals surface area contributed by atoms with Gasteiger partial charge in [0.2, 0.25) is 5.91 Å². The quantitative estimate of drug-likeness (QED) is 0.320. The van der Waals surface area contributed by atoms with Crippen LogP contribution >= 0.6 is 0 Å². The van der Waals surface area contributed by atoms with E-state index in [0.717, 1.165) is 19.5 Å². The number of ether oxygens (including phenoxy) is 1. The summed E-state index contributed by atoms with van der Waals surface area (Å²) in [5, 5.41) is 20.8. The van der Waals surface area contributed by atoms with E-state index in [1.165, 1.54) is 0 Å². The Hall–Kier alpha value is -1.32. The minimum Gasteiger partial charge on any atom is -0.375 e. The number of nitriles is 1. The van der Waals surface area contributed by atoms with Gasteiger partial charge < -0.3 is 26.0 Å². The van der Waals surface area contributed by atoms with Crippen molar-refractivity contribution >= 4 is 5.91 Å². The van der Waals surface area contributed by atoms with Gasteiger partial charge in [-0.25, -0.2) is 10.4 Å². The van der Waals surface area contributed by atoms with Crippen molar-refractivity contribution < 1.29 is 9.53 Å². The number of hydrazine groups is 1. The van der Waals surface area contributed by atoms with Crippen molar-refractivity contribution in [3.63, 3.8) is 0 Å². The van der Waals surface area contributed by atoms with Crippen molar-refractivity contribution in [2.24, 2.45) is 17.6 Å². The minimum atomic E-state index is -0.456. The molecule has 1 amide bonds. The van der Waals surface area contributed by atoms with Crippen LogP contribution in [0.1, 0.15) is 12.8 Å². The number of hydrogen-bond donors (Lipinski definition) is 5. The molecule has 3 rings (SSSR count). The molecular weight excluding hydrogens is 360 g/mol. The first-order valence-electron chi connectivity index (χ1n) is 10.2. The Labute approximate surface area is 167 Å². The number of nitrogens with zero attached hydrogens (tertiary/aromatic N) is 3. The third-order valence-electron chi connectivity index (χ3n) is 5.75. The van der Waals surface area contributed by atoms with E-state index in [1.807, 2.05) is 19.1 Å². The predicted molar refractivity (Wildman–Crippen MR) is 105 cm³/mol. The summed E-state index contributed by atoms with van der Waals surface area (Å²) in [5.74, 6) is -0.221. The molecule has 0 saturated carbocycles. The molecule has 0 spiro atoms. The van der Waals surface area contributed by atoms with Gasteiger partial charge in [-0.2, -0.15) is 5.26 Å². The lowest BCUT2D eigenvalue weighted by molar-refractivity contribution is -0.129. The maximum absolute atomic E-state index is 13.1. The SMILES string of the molecule is CN(C)CCOC1CCNCC1NC(=O)C1C(N)NN2CC(CC#N)CNC12. The molecule has 6 atom stereocenters. The zero-order valence-corrected chi connectivity index (χ0v) is 16.9. The van der Waals surface area contributed by atoms with Gasteiger partial charge >= 0.3 is 0 Å². The fraction of sp³-hybridized carbons (Fsp3) is 0.889. The molecule has 10 nitrogen and oxygen atoms in total. The first-order valence-corrected chi connectivity index (χ1v) is 10.2. The zero-order chi connectivity index (χ0) is 20.1. The van der Waals surface area contributed by atoms with E-state index < -0.39 is 12.1 Å². The molecule has 0 aromatic carbocycles. The lowest BCUT2D eigenvalue weighted by atomic mass is 9.96. The van der Waals surface area contributed by atoms with Crippen LogP contribution in [0.4, 0.5) is 0 Å². The van der Waals surface area contributed by atoms with E-state index in [-0.39, 0.29) is 30.1 Å². The number of amides is 1. The highest BCUT2D eigenvalue weighted by molar-refractivity contribution is 5.80. The summed E-state index contributed by atoms with van der Waals surface area (Å²) in [6.45, 7) is 4.51. The van der Waals surface area contributed by atoms with E-state index in [4.69, 9.17) is 15.7 Å². The molecule has 0 aliphatic carbocycles. The highest BCUT2D eigenvalue weighted by Crippen LogP contribution is 2.24. The van der Waals surface area contributed by atoms with E-state index in [2.05, 4.69) is 32.3 Å². The summed E-state index contributed by atoms with van der Waals surface area (Å²) in [5.41, 5.74) is 9.44. The Morgan fingerprint density at radius 1 is 1.43 bits per heavy atom. The maximum Gasteiger partial charge on any atom is 0.229 e. The first kappa shape index (κ1) is 21.4. The van der Waals surface area contributed by atoms with Gasteiger partial charge in [0.15, 0.2) is 0 Å².